The Morgan fingerprint density at radius 2 is 2.06 bits per heavy atom. The normalized spacial score (nSPS) is 11.9. The second-order valence-corrected chi connectivity index (χ2v) is 4.00. The maximum absolute atomic E-state index is 12.1. The fraction of sp³-hybridized carbons (Fsp3) is 0.143. The molecule has 90 valence electrons. The molecule has 0 saturated heterocycles. The summed E-state index contributed by atoms with van der Waals surface area (Å²) in [4.78, 5) is 10.8. The largest absolute Gasteiger partial charge is 0.872 e. The third kappa shape index (κ3) is 2.11. The predicted octanol–water partition coefficient (Wildman–Crippen LogP) is 1.68. The van der Waals surface area contributed by atoms with Gasteiger partial charge in [-0.1, -0.05) is 47.7 Å². The third-order valence-corrected chi connectivity index (χ3v) is 2.84. The first-order chi connectivity index (χ1) is 8.63. The fourth-order valence-corrected chi connectivity index (χ4v) is 1.86. The second kappa shape index (κ2) is 4.76. The van der Waals surface area contributed by atoms with E-state index in [2.05, 4.69) is 0 Å². The number of nitrogens with zero attached hydrogens (tertiary/aromatic N) is 1. The van der Waals surface area contributed by atoms with E-state index in [1.54, 1.807) is 30.3 Å². The van der Waals surface area contributed by atoms with Crippen LogP contribution in [-0.4, -0.2) is 11.1 Å². The quantitative estimate of drug-likeness (QED) is 0.884. The van der Waals surface area contributed by atoms with Crippen LogP contribution in [0.3, 0.4) is 0 Å². The van der Waals surface area contributed by atoms with Gasteiger partial charge in [-0.3, -0.25) is 4.79 Å². The maximum atomic E-state index is 12.1. The molecule has 0 bridgehead atoms. The summed E-state index contributed by atoms with van der Waals surface area (Å²) >= 11 is 0. The third-order valence-electron chi connectivity index (χ3n) is 2.84. The van der Waals surface area contributed by atoms with Crippen molar-refractivity contribution in [1.29, 1.82) is 5.26 Å². The van der Waals surface area contributed by atoms with Crippen molar-refractivity contribution in [3.05, 3.63) is 42.0 Å². The van der Waals surface area contributed by atoms with E-state index in [-0.39, 0.29) is 12.2 Å². The van der Waals surface area contributed by atoms with Gasteiger partial charge in [0.1, 0.15) is 5.92 Å². The average Bonchev–Trinajstić information content (AvgIpc) is 2.38. The van der Waals surface area contributed by atoms with Crippen LogP contribution in [0.2, 0.25) is 0 Å². The highest BCUT2D eigenvalue weighted by Crippen LogP contribution is 2.27. The van der Waals surface area contributed by atoms with Crippen LogP contribution in [0.25, 0.3) is 10.8 Å². The van der Waals surface area contributed by atoms with E-state index in [0.717, 1.165) is 5.39 Å². The lowest BCUT2D eigenvalue weighted by Gasteiger charge is -2.17. The topological polar surface area (TPSA) is 84.1 Å². The lowest BCUT2D eigenvalue weighted by atomic mass is 9.97. The Morgan fingerprint density at radius 3 is 2.72 bits per heavy atom. The predicted molar refractivity (Wildman–Crippen MR) is 63.8 cm³/mol. The summed E-state index contributed by atoms with van der Waals surface area (Å²) < 4.78 is 0. The van der Waals surface area contributed by atoms with Gasteiger partial charge in [-0.2, -0.15) is 5.26 Å². The number of carbonyl (C=O) groups is 1. The highest BCUT2D eigenvalue weighted by atomic mass is 16.4. The lowest BCUT2D eigenvalue weighted by Crippen LogP contribution is -2.15. The molecule has 0 amide bonds. The first-order valence-corrected chi connectivity index (χ1v) is 5.43. The number of carboxylic acid groups (broad SMARTS) is 1. The first kappa shape index (κ1) is 11.9. The van der Waals surface area contributed by atoms with Gasteiger partial charge < -0.3 is 10.2 Å². The Hall–Kier alpha value is -2.54. The van der Waals surface area contributed by atoms with Crippen LogP contribution in [0.15, 0.2) is 36.4 Å². The molecule has 0 radical (unpaired) electrons. The minimum atomic E-state index is -1.20. The molecule has 4 nitrogen and oxygen atoms in total. The van der Waals surface area contributed by atoms with Gasteiger partial charge in [0, 0.05) is 0 Å². The Balaban J connectivity index is 2.44. The molecule has 0 saturated carbocycles. The van der Waals surface area contributed by atoms with Gasteiger partial charge in [0.25, 0.3) is 0 Å². The van der Waals surface area contributed by atoms with Crippen LogP contribution in [0.1, 0.15) is 5.56 Å². The summed E-state index contributed by atoms with van der Waals surface area (Å²) in [6.45, 7) is 0. The van der Waals surface area contributed by atoms with Crippen LogP contribution in [0, 0.1) is 17.2 Å². The molecule has 1 N–H and O–H groups in total. The second-order valence-electron chi connectivity index (χ2n) is 4.00. The van der Waals surface area contributed by atoms with E-state index < -0.39 is 11.9 Å². The molecule has 2 rings (SSSR count). The van der Waals surface area contributed by atoms with E-state index >= 15 is 0 Å². The van der Waals surface area contributed by atoms with Crippen LogP contribution >= 0.6 is 0 Å². The number of rotatable bonds is 3. The summed E-state index contributed by atoms with van der Waals surface area (Å²) in [5.41, 5.74) is 0.364. The summed E-state index contributed by atoms with van der Waals surface area (Å²) in [6.07, 6.45) is -0.0600. The molecule has 2 aromatic carbocycles. The van der Waals surface area contributed by atoms with Crippen molar-refractivity contribution in [2.45, 2.75) is 6.42 Å². The van der Waals surface area contributed by atoms with Gasteiger partial charge in [-0.05, 0) is 17.2 Å². The Kier molecular flexibility index (Phi) is 3.16. The van der Waals surface area contributed by atoms with E-state index in [1.807, 2.05) is 12.1 Å². The molecule has 0 fully saturated rings. The molecule has 4 heteroatoms. The molecular weight excluding hydrogens is 230 g/mol. The highest BCUT2D eigenvalue weighted by molar-refractivity contribution is 5.89. The van der Waals surface area contributed by atoms with Gasteiger partial charge in [0.15, 0.2) is 0 Å². The Morgan fingerprint density at radius 1 is 1.33 bits per heavy atom. The molecule has 1 unspecified atom stereocenters. The zero-order chi connectivity index (χ0) is 13.1. The van der Waals surface area contributed by atoms with Crippen LogP contribution in [-0.2, 0) is 11.2 Å². The van der Waals surface area contributed by atoms with E-state index in [4.69, 9.17) is 10.4 Å². The number of benzene rings is 2. The number of aliphatic carboxylic acids is 1. The SMILES string of the molecule is N#CC(Cc1ccc2ccccc2c1[O-])C(=O)O. The summed E-state index contributed by atoms with van der Waals surface area (Å²) in [7, 11) is 0. The summed E-state index contributed by atoms with van der Waals surface area (Å²) in [5.74, 6) is -2.58. The molecule has 0 aliphatic carbocycles. The molecule has 0 heterocycles. The Bertz CT molecular complexity index is 643. The standard InChI is InChI=1S/C14H11NO3/c15-8-11(14(17)18)7-10-6-5-9-3-1-2-4-12(9)13(10)16/h1-6,11,16H,7H2,(H,17,18)/p-1. The fourth-order valence-electron chi connectivity index (χ4n) is 1.86. The number of carboxylic acids is 1. The van der Waals surface area contributed by atoms with Gasteiger partial charge in [-0.15, -0.1) is 0 Å². The van der Waals surface area contributed by atoms with Gasteiger partial charge in [-0.25, -0.2) is 0 Å². The van der Waals surface area contributed by atoms with Crippen LogP contribution in [0.5, 0.6) is 5.75 Å². The first-order valence-electron chi connectivity index (χ1n) is 5.43. The smallest absolute Gasteiger partial charge is 0.321 e. The van der Waals surface area contributed by atoms with E-state index in [0.29, 0.717) is 10.9 Å². The molecule has 18 heavy (non-hydrogen) atoms. The minimum absolute atomic E-state index is 0.0600. The van der Waals surface area contributed by atoms with Crippen molar-refractivity contribution >= 4 is 16.7 Å². The highest BCUT2D eigenvalue weighted by Gasteiger charge is 2.17. The van der Waals surface area contributed by atoms with E-state index in [1.165, 1.54) is 0 Å². The Labute approximate surface area is 104 Å². The van der Waals surface area contributed by atoms with Crippen LogP contribution in [0.4, 0.5) is 0 Å². The van der Waals surface area contributed by atoms with Crippen molar-refractivity contribution in [3.8, 4) is 11.8 Å². The maximum Gasteiger partial charge on any atom is 0.321 e. The molecule has 1 atom stereocenters. The number of fused-ring (bicyclic) bond motifs is 1. The van der Waals surface area contributed by atoms with Crippen molar-refractivity contribution in [2.75, 3.05) is 0 Å². The number of hydrogen-bond donors (Lipinski definition) is 1. The molecule has 0 aliphatic heterocycles. The summed E-state index contributed by atoms with van der Waals surface area (Å²) in [5, 5.41) is 31.0. The molecule has 0 aromatic heterocycles. The molecule has 2 aromatic rings. The lowest BCUT2D eigenvalue weighted by molar-refractivity contribution is -0.266. The van der Waals surface area contributed by atoms with Gasteiger partial charge in [0.05, 0.1) is 6.07 Å². The minimum Gasteiger partial charge on any atom is -0.872 e. The molecule has 0 aliphatic rings. The van der Waals surface area contributed by atoms with Crippen LogP contribution < -0.4 is 5.11 Å². The zero-order valence-electron chi connectivity index (χ0n) is 9.46. The van der Waals surface area contributed by atoms with Crippen molar-refractivity contribution in [1.82, 2.24) is 0 Å². The zero-order valence-corrected chi connectivity index (χ0v) is 9.46. The van der Waals surface area contributed by atoms with Gasteiger partial charge in [0.2, 0.25) is 0 Å². The molecule has 0 spiro atoms. The van der Waals surface area contributed by atoms with E-state index in [9.17, 15) is 9.90 Å². The summed E-state index contributed by atoms with van der Waals surface area (Å²) in [6, 6.07) is 12.2. The average molecular weight is 240 g/mol. The molecular formula is C14H10NO3-. The number of nitriles is 1. The number of hydrogen-bond acceptors (Lipinski definition) is 3. The van der Waals surface area contributed by atoms with Crippen molar-refractivity contribution < 1.29 is 15.0 Å². The van der Waals surface area contributed by atoms with Crippen molar-refractivity contribution in [2.24, 2.45) is 5.92 Å². The monoisotopic (exact) mass is 240 g/mol. The van der Waals surface area contributed by atoms with Gasteiger partial charge >= 0.3 is 5.97 Å². The van der Waals surface area contributed by atoms with Crippen molar-refractivity contribution in [3.63, 3.8) is 0 Å².